The lowest BCUT2D eigenvalue weighted by Crippen LogP contribution is -2.39. The number of benzene rings is 2. The van der Waals surface area contributed by atoms with Gasteiger partial charge in [-0.05, 0) is 31.2 Å². The van der Waals surface area contributed by atoms with Crippen LogP contribution in [0.3, 0.4) is 0 Å². The van der Waals surface area contributed by atoms with Gasteiger partial charge in [0.2, 0.25) is 5.91 Å². The molecule has 6 heteroatoms. The molecule has 2 aliphatic rings. The number of carbonyl (C=O) groups excluding carboxylic acids is 3. The number of fused-ring (bicyclic) bond motifs is 1. The standard InChI is InChI=1S/C20H17N3O3/c1-12-8-10-15(11-9-12)23-18-16(17(21-23)13(2)24)19(25)22(20(18)26)14-6-4-3-5-7-14/h3-11,16,18H,1-2H3/t16-,18+/m1/s1. The zero-order chi connectivity index (χ0) is 18.4. The molecule has 2 atom stereocenters. The highest BCUT2D eigenvalue weighted by Crippen LogP contribution is 2.37. The van der Waals surface area contributed by atoms with Gasteiger partial charge in [-0.25, -0.2) is 4.90 Å². The number of anilines is 2. The molecule has 2 amide bonds. The summed E-state index contributed by atoms with van der Waals surface area (Å²) in [6.07, 6.45) is 0. The Bertz CT molecular complexity index is 935. The van der Waals surface area contributed by atoms with Gasteiger partial charge in [0, 0.05) is 6.92 Å². The van der Waals surface area contributed by atoms with Gasteiger partial charge in [0.15, 0.2) is 5.78 Å². The number of nitrogens with zero attached hydrogens (tertiary/aromatic N) is 3. The molecule has 2 aromatic rings. The average molecular weight is 347 g/mol. The van der Waals surface area contributed by atoms with E-state index in [0.717, 1.165) is 10.5 Å². The van der Waals surface area contributed by atoms with E-state index in [-0.39, 0.29) is 17.4 Å². The van der Waals surface area contributed by atoms with Crippen molar-refractivity contribution < 1.29 is 14.4 Å². The maximum Gasteiger partial charge on any atom is 0.259 e. The summed E-state index contributed by atoms with van der Waals surface area (Å²) in [5.74, 6) is -1.95. The minimum absolute atomic E-state index is 0.132. The summed E-state index contributed by atoms with van der Waals surface area (Å²) in [5.41, 5.74) is 2.38. The predicted octanol–water partition coefficient (Wildman–Crippen LogP) is 2.32. The van der Waals surface area contributed by atoms with Gasteiger partial charge in [-0.15, -0.1) is 0 Å². The molecule has 130 valence electrons. The molecule has 0 radical (unpaired) electrons. The van der Waals surface area contributed by atoms with Gasteiger partial charge >= 0.3 is 0 Å². The smallest absolute Gasteiger partial charge is 0.259 e. The Kier molecular flexibility index (Phi) is 3.68. The second-order valence-corrected chi connectivity index (χ2v) is 6.49. The zero-order valence-electron chi connectivity index (χ0n) is 14.4. The highest BCUT2D eigenvalue weighted by molar-refractivity contribution is 6.48. The van der Waals surface area contributed by atoms with Gasteiger partial charge in [0.1, 0.15) is 17.7 Å². The van der Waals surface area contributed by atoms with Crippen molar-refractivity contribution in [2.24, 2.45) is 11.0 Å². The van der Waals surface area contributed by atoms with Crippen molar-refractivity contribution in [2.75, 3.05) is 9.91 Å². The van der Waals surface area contributed by atoms with Crippen LogP contribution in [0.4, 0.5) is 11.4 Å². The summed E-state index contributed by atoms with van der Waals surface area (Å²) >= 11 is 0. The van der Waals surface area contributed by atoms with Gasteiger partial charge in [0.25, 0.3) is 5.91 Å². The number of para-hydroxylation sites is 1. The molecule has 6 nitrogen and oxygen atoms in total. The molecular formula is C20H17N3O3. The molecule has 0 bridgehead atoms. The molecule has 0 aromatic heterocycles. The Hall–Kier alpha value is -3.28. The molecule has 4 rings (SSSR count). The van der Waals surface area contributed by atoms with E-state index in [1.807, 2.05) is 37.3 Å². The summed E-state index contributed by atoms with van der Waals surface area (Å²) in [5, 5.41) is 5.84. The Morgan fingerprint density at radius 2 is 1.58 bits per heavy atom. The van der Waals surface area contributed by atoms with Gasteiger partial charge < -0.3 is 0 Å². The van der Waals surface area contributed by atoms with Crippen LogP contribution in [0.1, 0.15) is 12.5 Å². The van der Waals surface area contributed by atoms with Crippen molar-refractivity contribution in [3.63, 3.8) is 0 Å². The average Bonchev–Trinajstić information content (AvgIpc) is 3.14. The van der Waals surface area contributed by atoms with Gasteiger partial charge in [0.05, 0.1) is 11.4 Å². The molecule has 0 aliphatic carbocycles. The summed E-state index contributed by atoms with van der Waals surface area (Å²) in [4.78, 5) is 39.3. The van der Waals surface area contributed by atoms with E-state index in [2.05, 4.69) is 5.10 Å². The third kappa shape index (κ3) is 2.34. The van der Waals surface area contributed by atoms with E-state index < -0.39 is 17.9 Å². The van der Waals surface area contributed by atoms with E-state index in [1.165, 1.54) is 11.9 Å². The van der Waals surface area contributed by atoms with Crippen LogP contribution in [0.25, 0.3) is 0 Å². The first-order valence-electron chi connectivity index (χ1n) is 8.37. The summed E-state index contributed by atoms with van der Waals surface area (Å²) in [6.45, 7) is 3.33. The Labute approximate surface area is 150 Å². The minimum Gasteiger partial charge on any atom is -0.293 e. The first-order valence-corrected chi connectivity index (χ1v) is 8.37. The number of hydrogen-bond acceptors (Lipinski definition) is 5. The summed E-state index contributed by atoms with van der Waals surface area (Å²) in [7, 11) is 0. The van der Waals surface area contributed by atoms with Crippen molar-refractivity contribution in [3.05, 3.63) is 60.2 Å². The van der Waals surface area contributed by atoms with Gasteiger partial charge in [-0.2, -0.15) is 5.10 Å². The van der Waals surface area contributed by atoms with Crippen LogP contribution in [-0.2, 0) is 14.4 Å². The minimum atomic E-state index is -0.874. The number of aryl methyl sites for hydroxylation is 1. The summed E-state index contributed by atoms with van der Waals surface area (Å²) in [6, 6.07) is 15.4. The topological polar surface area (TPSA) is 70.1 Å². The van der Waals surface area contributed by atoms with Crippen LogP contribution >= 0.6 is 0 Å². The quantitative estimate of drug-likeness (QED) is 0.799. The van der Waals surface area contributed by atoms with Crippen molar-refractivity contribution in [1.82, 2.24) is 0 Å². The van der Waals surface area contributed by atoms with E-state index >= 15 is 0 Å². The fourth-order valence-corrected chi connectivity index (χ4v) is 3.45. The van der Waals surface area contributed by atoms with Crippen molar-refractivity contribution in [3.8, 4) is 0 Å². The van der Waals surface area contributed by atoms with E-state index in [9.17, 15) is 14.4 Å². The van der Waals surface area contributed by atoms with E-state index in [0.29, 0.717) is 11.4 Å². The second-order valence-electron chi connectivity index (χ2n) is 6.49. The monoisotopic (exact) mass is 347 g/mol. The third-order valence-corrected chi connectivity index (χ3v) is 4.72. The lowest BCUT2D eigenvalue weighted by atomic mass is 9.95. The molecule has 26 heavy (non-hydrogen) atoms. The number of amides is 2. The fourth-order valence-electron chi connectivity index (χ4n) is 3.45. The number of ketones is 1. The van der Waals surface area contributed by atoms with Crippen LogP contribution in [0.15, 0.2) is 59.7 Å². The normalized spacial score (nSPS) is 21.8. The molecule has 2 heterocycles. The number of Topliss-reactive ketones (excluding diaryl/α,β-unsaturated/α-hetero) is 1. The Morgan fingerprint density at radius 1 is 0.923 bits per heavy atom. The predicted molar refractivity (Wildman–Crippen MR) is 98.0 cm³/mol. The van der Waals surface area contributed by atoms with Crippen LogP contribution in [0, 0.1) is 12.8 Å². The van der Waals surface area contributed by atoms with Gasteiger partial charge in [-0.1, -0.05) is 35.9 Å². The maximum atomic E-state index is 13.1. The van der Waals surface area contributed by atoms with Gasteiger partial charge in [-0.3, -0.25) is 19.4 Å². The molecular weight excluding hydrogens is 330 g/mol. The first-order chi connectivity index (χ1) is 12.5. The Balaban J connectivity index is 1.80. The number of carbonyl (C=O) groups is 3. The van der Waals surface area contributed by atoms with E-state index in [4.69, 9.17) is 0 Å². The highest BCUT2D eigenvalue weighted by atomic mass is 16.2. The largest absolute Gasteiger partial charge is 0.293 e. The lowest BCUT2D eigenvalue weighted by molar-refractivity contribution is -0.122. The zero-order valence-corrected chi connectivity index (χ0v) is 14.4. The van der Waals surface area contributed by atoms with Crippen LogP contribution in [0.2, 0.25) is 0 Å². The molecule has 2 aliphatic heterocycles. The number of hydrogen-bond donors (Lipinski definition) is 0. The maximum absolute atomic E-state index is 13.1. The highest BCUT2D eigenvalue weighted by Gasteiger charge is 2.58. The summed E-state index contributed by atoms with van der Waals surface area (Å²) < 4.78 is 0. The molecule has 0 saturated carbocycles. The van der Waals surface area contributed by atoms with Crippen molar-refractivity contribution in [1.29, 1.82) is 0 Å². The fraction of sp³-hybridized carbons (Fsp3) is 0.200. The van der Waals surface area contributed by atoms with Crippen LogP contribution < -0.4 is 9.91 Å². The van der Waals surface area contributed by atoms with Crippen molar-refractivity contribution >= 4 is 34.7 Å². The Morgan fingerprint density at radius 3 is 2.19 bits per heavy atom. The number of imide groups is 1. The molecule has 2 aromatic carbocycles. The van der Waals surface area contributed by atoms with Crippen molar-refractivity contribution in [2.45, 2.75) is 19.9 Å². The van der Waals surface area contributed by atoms with Crippen LogP contribution in [-0.4, -0.2) is 29.4 Å². The number of rotatable bonds is 3. The van der Waals surface area contributed by atoms with Crippen LogP contribution in [0.5, 0.6) is 0 Å². The molecule has 0 N–H and O–H groups in total. The number of hydrazone groups is 1. The lowest BCUT2D eigenvalue weighted by Gasteiger charge is -2.22. The van der Waals surface area contributed by atoms with E-state index in [1.54, 1.807) is 24.3 Å². The molecule has 0 unspecified atom stereocenters. The third-order valence-electron chi connectivity index (χ3n) is 4.72. The molecule has 1 fully saturated rings. The molecule has 0 spiro atoms. The second kappa shape index (κ2) is 5.91. The first kappa shape index (κ1) is 16.2. The molecule has 1 saturated heterocycles. The SMILES string of the molecule is CC(=O)C1=NN(c2ccc(C)cc2)[C@@H]2C(=O)N(c3ccccc3)C(=O)[C@H]12.